The number of benzene rings is 2. The van der Waals surface area contributed by atoms with Gasteiger partial charge in [-0.15, -0.1) is 0 Å². The Hall–Kier alpha value is -2.36. The lowest BCUT2D eigenvalue weighted by Gasteiger charge is -2.19. The summed E-state index contributed by atoms with van der Waals surface area (Å²) in [5.41, 5.74) is 3.95. The van der Waals surface area contributed by atoms with E-state index < -0.39 is 0 Å². The summed E-state index contributed by atoms with van der Waals surface area (Å²) in [4.78, 5) is 8.63. The molecule has 0 aromatic heterocycles. The van der Waals surface area contributed by atoms with E-state index in [0.29, 0.717) is 0 Å². The van der Waals surface area contributed by atoms with Crippen molar-refractivity contribution in [2.45, 2.75) is 6.92 Å². The first-order valence-electron chi connectivity index (χ1n) is 5.81. The largest absolute Gasteiger partial charge is 0.388 e. The monoisotopic (exact) mass is 238 g/mol. The molecule has 0 saturated heterocycles. The first kappa shape index (κ1) is 10.8. The fraction of sp³-hybridized carbons (Fsp3) is 0.143. The molecule has 1 aliphatic rings. The van der Waals surface area contributed by atoms with E-state index in [0.717, 1.165) is 39.4 Å². The van der Waals surface area contributed by atoms with Crippen molar-refractivity contribution in [2.24, 2.45) is 9.98 Å². The molecule has 4 nitrogen and oxygen atoms in total. The van der Waals surface area contributed by atoms with Crippen LogP contribution < -0.4 is 10.6 Å². The van der Waals surface area contributed by atoms with Gasteiger partial charge in [0.05, 0.1) is 11.4 Å². The van der Waals surface area contributed by atoms with Crippen LogP contribution in [0, 0.1) is 0 Å². The molecule has 18 heavy (non-hydrogen) atoms. The second kappa shape index (κ2) is 3.84. The number of rotatable bonds is 2. The summed E-state index contributed by atoms with van der Waals surface area (Å²) in [5.74, 6) is 0.903. The Labute approximate surface area is 105 Å². The Morgan fingerprint density at radius 3 is 2.78 bits per heavy atom. The van der Waals surface area contributed by atoms with Gasteiger partial charge in [0.25, 0.3) is 0 Å². The van der Waals surface area contributed by atoms with Crippen LogP contribution in [-0.4, -0.2) is 19.6 Å². The van der Waals surface area contributed by atoms with E-state index >= 15 is 0 Å². The topological polar surface area (TPSA) is 48.8 Å². The number of anilines is 2. The van der Waals surface area contributed by atoms with Crippen LogP contribution in [0.3, 0.4) is 0 Å². The SMILES string of the molecule is C=Nc1ccc2c3c(ccc(NC)c13)N=C(C)N2. The number of hydrogen-bond donors (Lipinski definition) is 2. The van der Waals surface area contributed by atoms with Crippen LogP contribution in [0.4, 0.5) is 22.7 Å². The molecule has 4 heteroatoms. The van der Waals surface area contributed by atoms with Gasteiger partial charge in [0.15, 0.2) is 0 Å². The number of aliphatic imine (C=N–C) groups is 2. The van der Waals surface area contributed by atoms with Crippen molar-refractivity contribution in [2.75, 3.05) is 17.7 Å². The lowest BCUT2D eigenvalue weighted by Crippen LogP contribution is -2.10. The van der Waals surface area contributed by atoms with Gasteiger partial charge in [0.1, 0.15) is 5.84 Å². The summed E-state index contributed by atoms with van der Waals surface area (Å²) < 4.78 is 0. The van der Waals surface area contributed by atoms with Crippen molar-refractivity contribution in [3.05, 3.63) is 24.3 Å². The quantitative estimate of drug-likeness (QED) is 0.784. The summed E-state index contributed by atoms with van der Waals surface area (Å²) in [6.07, 6.45) is 0. The Bertz CT molecular complexity index is 686. The van der Waals surface area contributed by atoms with E-state index in [4.69, 9.17) is 0 Å². The highest BCUT2D eigenvalue weighted by atomic mass is 15.0. The molecule has 1 heterocycles. The van der Waals surface area contributed by atoms with Gasteiger partial charge in [-0.05, 0) is 37.9 Å². The average molecular weight is 238 g/mol. The first-order valence-corrected chi connectivity index (χ1v) is 5.81. The molecule has 0 atom stereocenters. The second-order valence-electron chi connectivity index (χ2n) is 4.24. The zero-order chi connectivity index (χ0) is 12.7. The molecule has 0 aliphatic carbocycles. The Balaban J connectivity index is 2.50. The molecule has 0 radical (unpaired) electrons. The van der Waals surface area contributed by atoms with Crippen molar-refractivity contribution in [3.8, 4) is 0 Å². The maximum absolute atomic E-state index is 4.53. The van der Waals surface area contributed by atoms with Crippen LogP contribution in [0.15, 0.2) is 34.3 Å². The fourth-order valence-electron chi connectivity index (χ4n) is 2.40. The van der Waals surface area contributed by atoms with E-state index in [1.807, 2.05) is 38.2 Å². The van der Waals surface area contributed by atoms with Crippen molar-refractivity contribution < 1.29 is 0 Å². The third-order valence-corrected chi connectivity index (χ3v) is 3.16. The third kappa shape index (κ3) is 1.39. The molecule has 3 rings (SSSR count). The van der Waals surface area contributed by atoms with E-state index in [9.17, 15) is 0 Å². The van der Waals surface area contributed by atoms with Gasteiger partial charge in [0, 0.05) is 29.2 Å². The predicted molar refractivity (Wildman–Crippen MR) is 79.1 cm³/mol. The first-order chi connectivity index (χ1) is 8.74. The summed E-state index contributed by atoms with van der Waals surface area (Å²) in [6.45, 7) is 5.60. The third-order valence-electron chi connectivity index (χ3n) is 3.16. The van der Waals surface area contributed by atoms with Crippen LogP contribution in [-0.2, 0) is 0 Å². The fourth-order valence-corrected chi connectivity index (χ4v) is 2.40. The van der Waals surface area contributed by atoms with Crippen molar-refractivity contribution in [3.63, 3.8) is 0 Å². The summed E-state index contributed by atoms with van der Waals surface area (Å²) in [5, 5.41) is 8.64. The normalized spacial score (nSPS) is 12.9. The van der Waals surface area contributed by atoms with Crippen molar-refractivity contribution >= 4 is 46.1 Å². The van der Waals surface area contributed by atoms with Gasteiger partial charge in [-0.25, -0.2) is 4.99 Å². The molecule has 90 valence electrons. The van der Waals surface area contributed by atoms with E-state index in [1.165, 1.54) is 0 Å². The average Bonchev–Trinajstić information content (AvgIpc) is 2.39. The van der Waals surface area contributed by atoms with E-state index in [1.54, 1.807) is 0 Å². The number of nitrogens with one attached hydrogen (secondary N) is 2. The molecule has 2 aromatic carbocycles. The van der Waals surface area contributed by atoms with Crippen LogP contribution in [0.2, 0.25) is 0 Å². The Morgan fingerprint density at radius 1 is 1.22 bits per heavy atom. The van der Waals surface area contributed by atoms with Gasteiger partial charge in [-0.3, -0.25) is 4.99 Å². The highest BCUT2D eigenvalue weighted by molar-refractivity contribution is 6.19. The Morgan fingerprint density at radius 2 is 2.06 bits per heavy atom. The maximum atomic E-state index is 4.53. The van der Waals surface area contributed by atoms with Gasteiger partial charge >= 0.3 is 0 Å². The predicted octanol–water partition coefficient (Wildman–Crippen LogP) is 3.69. The molecule has 0 saturated carbocycles. The van der Waals surface area contributed by atoms with E-state index in [2.05, 4.69) is 27.3 Å². The lowest BCUT2D eigenvalue weighted by atomic mass is 10.0. The molecule has 0 spiro atoms. The molecular formula is C14H14N4. The summed E-state index contributed by atoms with van der Waals surface area (Å²) >= 11 is 0. The van der Waals surface area contributed by atoms with E-state index in [-0.39, 0.29) is 0 Å². The molecular weight excluding hydrogens is 224 g/mol. The van der Waals surface area contributed by atoms with Crippen LogP contribution in [0.1, 0.15) is 6.92 Å². The molecule has 0 amide bonds. The maximum Gasteiger partial charge on any atom is 0.103 e. The van der Waals surface area contributed by atoms with Crippen molar-refractivity contribution in [1.29, 1.82) is 0 Å². The van der Waals surface area contributed by atoms with Gasteiger partial charge in [0.2, 0.25) is 0 Å². The van der Waals surface area contributed by atoms with Crippen LogP contribution >= 0.6 is 0 Å². The van der Waals surface area contributed by atoms with Gasteiger partial charge in [-0.1, -0.05) is 0 Å². The van der Waals surface area contributed by atoms with Gasteiger partial charge < -0.3 is 10.6 Å². The number of nitrogens with zero attached hydrogens (tertiary/aromatic N) is 2. The van der Waals surface area contributed by atoms with Gasteiger partial charge in [-0.2, -0.15) is 0 Å². The molecule has 2 N–H and O–H groups in total. The lowest BCUT2D eigenvalue weighted by molar-refractivity contribution is 1.44. The molecule has 0 fully saturated rings. The molecule has 1 aliphatic heterocycles. The van der Waals surface area contributed by atoms with Crippen LogP contribution in [0.25, 0.3) is 10.8 Å². The summed E-state index contributed by atoms with van der Waals surface area (Å²) in [6, 6.07) is 8.04. The highest BCUT2D eigenvalue weighted by Gasteiger charge is 2.16. The number of hydrogen-bond acceptors (Lipinski definition) is 4. The minimum absolute atomic E-state index is 0.872. The van der Waals surface area contributed by atoms with Crippen LogP contribution in [0.5, 0.6) is 0 Å². The smallest absolute Gasteiger partial charge is 0.103 e. The second-order valence-corrected chi connectivity index (χ2v) is 4.24. The molecule has 0 unspecified atom stereocenters. The minimum atomic E-state index is 0.872. The summed E-state index contributed by atoms with van der Waals surface area (Å²) in [7, 11) is 1.90. The zero-order valence-corrected chi connectivity index (χ0v) is 10.4. The number of amidine groups is 1. The zero-order valence-electron chi connectivity index (χ0n) is 10.4. The van der Waals surface area contributed by atoms with Crippen molar-refractivity contribution in [1.82, 2.24) is 0 Å². The minimum Gasteiger partial charge on any atom is -0.388 e. The standard InChI is InChI=1S/C14H14N4/c1-8-17-11-6-4-9(15-2)13-10(16-3)5-7-12(18-8)14(11)13/h4-7,16H,2H2,1,3H3,(H,17,18). The highest BCUT2D eigenvalue weighted by Crippen LogP contribution is 2.43. The molecule has 2 aromatic rings. The molecule has 0 bridgehead atoms. The Kier molecular flexibility index (Phi) is 2.30.